The Morgan fingerprint density at radius 3 is 2.39 bits per heavy atom. The molecule has 0 heterocycles. The Morgan fingerprint density at radius 1 is 1.16 bits per heavy atom. The van der Waals surface area contributed by atoms with Gasteiger partial charge in [-0.15, -0.1) is 0 Å². The van der Waals surface area contributed by atoms with E-state index >= 15 is 0 Å². The summed E-state index contributed by atoms with van der Waals surface area (Å²) in [7, 11) is -2.67. The van der Waals surface area contributed by atoms with Gasteiger partial charge in [-0.3, -0.25) is 19.2 Å². The highest BCUT2D eigenvalue weighted by Gasteiger charge is 2.25. The fourth-order valence-corrected chi connectivity index (χ4v) is 3.82. The number of sulfonamides is 1. The number of carbonyl (C=O) groups excluding carboxylic acids is 2. The van der Waals surface area contributed by atoms with Gasteiger partial charge in [-0.05, 0) is 54.8 Å². The molecule has 0 radical (unpaired) electrons. The number of hydrogen-bond donors (Lipinski definition) is 2. The summed E-state index contributed by atoms with van der Waals surface area (Å²) in [5.74, 6) is -1.62. The van der Waals surface area contributed by atoms with Crippen LogP contribution in [0.1, 0.15) is 30.6 Å². The van der Waals surface area contributed by atoms with Crippen LogP contribution in [0, 0.1) is 23.2 Å². The second-order valence-corrected chi connectivity index (χ2v) is 8.98. The van der Waals surface area contributed by atoms with Gasteiger partial charge >= 0.3 is 0 Å². The maximum Gasteiger partial charge on any atom is 0.261 e. The zero-order chi connectivity index (χ0) is 23.2. The van der Waals surface area contributed by atoms with Crippen molar-refractivity contribution in [1.29, 1.82) is 5.26 Å². The lowest BCUT2D eigenvalue weighted by atomic mass is 10.0. The highest BCUT2D eigenvalue weighted by molar-refractivity contribution is 7.92. The number of hydrogen-bond acceptors (Lipinski definition) is 5. The standard InChI is InChI=1S/C21H23FN4O4S/c1-14(2)11-19(21(28)26(3)13-23)24-20(27)15-5-4-6-17(12-15)25-31(29,30)18-9-7-16(22)8-10-18/h4-10,12,14,19,25H,11H2,1-3H3,(H,24,27). The summed E-state index contributed by atoms with van der Waals surface area (Å²) in [6.07, 6.45) is 2.04. The van der Waals surface area contributed by atoms with Gasteiger partial charge in [0.05, 0.1) is 4.90 Å². The number of nitrogens with one attached hydrogen (secondary N) is 2. The van der Waals surface area contributed by atoms with Crippen LogP contribution in [-0.4, -0.2) is 38.2 Å². The number of anilines is 1. The van der Waals surface area contributed by atoms with Crippen LogP contribution in [0.15, 0.2) is 53.4 Å². The topological polar surface area (TPSA) is 119 Å². The molecule has 164 valence electrons. The van der Waals surface area contributed by atoms with Crippen molar-refractivity contribution >= 4 is 27.5 Å². The first-order valence-corrected chi connectivity index (χ1v) is 10.9. The molecular formula is C21H23FN4O4S. The molecule has 0 bridgehead atoms. The van der Waals surface area contributed by atoms with Crippen LogP contribution in [0.4, 0.5) is 10.1 Å². The van der Waals surface area contributed by atoms with Crippen LogP contribution in [0.25, 0.3) is 0 Å². The van der Waals surface area contributed by atoms with Gasteiger partial charge in [-0.25, -0.2) is 12.8 Å². The summed E-state index contributed by atoms with van der Waals surface area (Å²) in [6.45, 7) is 3.76. The SMILES string of the molecule is CC(C)CC(NC(=O)c1cccc(NS(=O)(=O)c2ccc(F)cc2)c1)C(=O)N(C)C#N. The van der Waals surface area contributed by atoms with E-state index in [-0.39, 0.29) is 22.1 Å². The third-order valence-electron chi connectivity index (χ3n) is 4.29. The predicted molar refractivity (Wildman–Crippen MR) is 113 cm³/mol. The molecule has 1 atom stereocenters. The zero-order valence-electron chi connectivity index (χ0n) is 17.3. The van der Waals surface area contributed by atoms with Crippen LogP contribution in [0.2, 0.25) is 0 Å². The summed E-state index contributed by atoms with van der Waals surface area (Å²) < 4.78 is 40.3. The Bertz CT molecular complexity index is 1100. The van der Waals surface area contributed by atoms with Gasteiger partial charge in [0.25, 0.3) is 21.8 Å². The Hall–Kier alpha value is -3.45. The molecule has 0 spiro atoms. The van der Waals surface area contributed by atoms with E-state index in [1.807, 2.05) is 13.8 Å². The fraction of sp³-hybridized carbons (Fsp3) is 0.286. The van der Waals surface area contributed by atoms with Crippen LogP contribution in [0.5, 0.6) is 0 Å². The molecular weight excluding hydrogens is 423 g/mol. The van der Waals surface area contributed by atoms with Crippen molar-refractivity contribution in [1.82, 2.24) is 10.2 Å². The van der Waals surface area contributed by atoms with E-state index in [9.17, 15) is 22.4 Å². The molecule has 8 nitrogen and oxygen atoms in total. The number of nitrogens with zero attached hydrogens (tertiary/aromatic N) is 2. The molecule has 2 N–H and O–H groups in total. The second kappa shape index (κ2) is 10.0. The molecule has 2 aromatic rings. The van der Waals surface area contributed by atoms with Gasteiger partial charge in [-0.2, -0.15) is 5.26 Å². The van der Waals surface area contributed by atoms with Crippen molar-refractivity contribution in [2.45, 2.75) is 31.2 Å². The molecule has 10 heteroatoms. The van der Waals surface area contributed by atoms with E-state index in [4.69, 9.17) is 5.26 Å². The first-order valence-electron chi connectivity index (χ1n) is 9.40. The largest absolute Gasteiger partial charge is 0.340 e. The molecule has 0 aliphatic rings. The lowest BCUT2D eigenvalue weighted by Crippen LogP contribution is -2.46. The van der Waals surface area contributed by atoms with Crippen molar-refractivity contribution in [3.8, 4) is 6.19 Å². The van der Waals surface area contributed by atoms with Crippen molar-refractivity contribution in [3.05, 3.63) is 59.9 Å². The van der Waals surface area contributed by atoms with Crippen LogP contribution in [-0.2, 0) is 14.8 Å². The van der Waals surface area contributed by atoms with Gasteiger partial charge in [0.2, 0.25) is 0 Å². The summed E-state index contributed by atoms with van der Waals surface area (Å²) in [4.78, 5) is 25.8. The molecule has 0 aliphatic heterocycles. The lowest BCUT2D eigenvalue weighted by molar-refractivity contribution is -0.129. The Morgan fingerprint density at radius 2 is 1.81 bits per heavy atom. The van der Waals surface area contributed by atoms with Crippen molar-refractivity contribution in [2.24, 2.45) is 5.92 Å². The van der Waals surface area contributed by atoms with E-state index in [2.05, 4.69) is 10.0 Å². The molecule has 0 saturated heterocycles. The molecule has 2 aromatic carbocycles. The maximum absolute atomic E-state index is 13.1. The van der Waals surface area contributed by atoms with E-state index in [0.29, 0.717) is 6.42 Å². The van der Waals surface area contributed by atoms with Gasteiger partial charge in [0, 0.05) is 18.3 Å². The fourth-order valence-electron chi connectivity index (χ4n) is 2.77. The van der Waals surface area contributed by atoms with Crippen molar-refractivity contribution < 1.29 is 22.4 Å². The summed E-state index contributed by atoms with van der Waals surface area (Å²) in [6, 6.07) is 9.14. The Balaban J connectivity index is 2.21. The third kappa shape index (κ3) is 6.52. The Kier molecular flexibility index (Phi) is 7.72. The second-order valence-electron chi connectivity index (χ2n) is 7.29. The molecule has 2 amide bonds. The Labute approximate surface area is 180 Å². The maximum atomic E-state index is 13.1. The molecule has 31 heavy (non-hydrogen) atoms. The van der Waals surface area contributed by atoms with Crippen molar-refractivity contribution in [3.63, 3.8) is 0 Å². The summed E-state index contributed by atoms with van der Waals surface area (Å²) >= 11 is 0. The first kappa shape index (κ1) is 23.8. The van der Waals surface area contributed by atoms with Gasteiger partial charge < -0.3 is 5.32 Å². The van der Waals surface area contributed by atoms with E-state index < -0.39 is 33.7 Å². The third-order valence-corrected chi connectivity index (χ3v) is 5.69. The van der Waals surface area contributed by atoms with Crippen LogP contribution >= 0.6 is 0 Å². The highest BCUT2D eigenvalue weighted by Crippen LogP contribution is 2.18. The number of amides is 2. The smallest absolute Gasteiger partial charge is 0.261 e. The van der Waals surface area contributed by atoms with Gasteiger partial charge in [-0.1, -0.05) is 19.9 Å². The summed E-state index contributed by atoms with van der Waals surface area (Å²) in [5, 5.41) is 11.6. The van der Waals surface area contributed by atoms with Crippen LogP contribution < -0.4 is 10.0 Å². The first-order chi connectivity index (χ1) is 14.5. The molecule has 0 aliphatic carbocycles. The quantitative estimate of drug-likeness (QED) is 0.477. The average molecular weight is 447 g/mol. The monoisotopic (exact) mass is 446 g/mol. The minimum Gasteiger partial charge on any atom is -0.340 e. The minimum absolute atomic E-state index is 0.0789. The van der Waals surface area contributed by atoms with Gasteiger partial charge in [0.15, 0.2) is 6.19 Å². The number of nitriles is 1. The number of benzene rings is 2. The molecule has 1 unspecified atom stereocenters. The van der Waals surface area contributed by atoms with Gasteiger partial charge in [0.1, 0.15) is 11.9 Å². The predicted octanol–water partition coefficient (Wildman–Crippen LogP) is 2.71. The normalized spacial score (nSPS) is 12.0. The number of halogens is 1. The summed E-state index contributed by atoms with van der Waals surface area (Å²) in [5.41, 5.74) is 0.248. The molecule has 2 rings (SSSR count). The van der Waals surface area contributed by atoms with E-state index in [1.54, 1.807) is 6.19 Å². The molecule has 0 saturated carbocycles. The average Bonchev–Trinajstić information content (AvgIpc) is 2.72. The van der Waals surface area contributed by atoms with E-state index in [0.717, 1.165) is 29.2 Å². The highest BCUT2D eigenvalue weighted by atomic mass is 32.2. The number of carbonyl (C=O) groups is 2. The zero-order valence-corrected chi connectivity index (χ0v) is 18.1. The number of likely N-dealkylation sites (N-methyl/N-ethyl adjacent to an activating group) is 1. The van der Waals surface area contributed by atoms with E-state index in [1.165, 1.54) is 31.3 Å². The number of rotatable bonds is 8. The molecule has 0 fully saturated rings. The van der Waals surface area contributed by atoms with Crippen LogP contribution in [0.3, 0.4) is 0 Å². The molecule has 0 aromatic heterocycles. The van der Waals surface area contributed by atoms with Crippen molar-refractivity contribution in [2.75, 3.05) is 11.8 Å². The lowest BCUT2D eigenvalue weighted by Gasteiger charge is -2.21. The minimum atomic E-state index is -3.98.